The Labute approximate surface area is 106 Å². The second kappa shape index (κ2) is 5.01. The van der Waals surface area contributed by atoms with Gasteiger partial charge in [-0.3, -0.25) is 4.28 Å². The highest BCUT2D eigenvalue weighted by molar-refractivity contribution is 7.75. The van der Waals surface area contributed by atoms with Crippen LogP contribution in [0.25, 0.3) is 0 Å². The normalized spacial score (nSPS) is 12.1. The van der Waals surface area contributed by atoms with Gasteiger partial charge < -0.3 is 14.4 Å². The van der Waals surface area contributed by atoms with Gasteiger partial charge in [0.1, 0.15) is 5.75 Å². The summed E-state index contributed by atoms with van der Waals surface area (Å²) in [5.41, 5.74) is 1.04. The van der Waals surface area contributed by atoms with E-state index in [2.05, 4.69) is 0 Å². The Bertz CT molecular complexity index is 544. The van der Waals surface area contributed by atoms with Gasteiger partial charge in [-0.15, -0.1) is 0 Å². The van der Waals surface area contributed by atoms with Crippen molar-refractivity contribution in [2.24, 2.45) is 0 Å². The van der Waals surface area contributed by atoms with Crippen LogP contribution in [-0.2, 0) is 11.4 Å². The van der Waals surface area contributed by atoms with E-state index in [0.717, 1.165) is 5.56 Å². The number of hydrogen-bond acceptors (Lipinski definition) is 5. The molecule has 2 aromatic rings. The summed E-state index contributed by atoms with van der Waals surface area (Å²) in [6.07, 6.45) is 0. The summed E-state index contributed by atoms with van der Waals surface area (Å²) in [6, 6.07) is 9.23. The molecule has 6 nitrogen and oxygen atoms in total. The first-order valence-electron chi connectivity index (χ1n) is 5.01. The molecule has 7 heteroatoms. The van der Waals surface area contributed by atoms with Gasteiger partial charge in [0.15, 0.2) is 0 Å². The SMILES string of the molecule is Cc1ccc(OS(=O)On2c(O)ccc2O)cc1. The molecule has 0 aliphatic rings. The molecular weight excluding hydrogens is 258 g/mol. The number of benzene rings is 1. The molecule has 0 amide bonds. The van der Waals surface area contributed by atoms with Gasteiger partial charge in [-0.05, 0) is 19.1 Å². The molecule has 2 N–H and O–H groups in total. The highest BCUT2D eigenvalue weighted by atomic mass is 32.2. The minimum Gasteiger partial charge on any atom is -0.492 e. The van der Waals surface area contributed by atoms with Crippen LogP contribution in [0.4, 0.5) is 0 Å². The van der Waals surface area contributed by atoms with Crippen molar-refractivity contribution in [1.29, 1.82) is 0 Å². The molecule has 18 heavy (non-hydrogen) atoms. The topological polar surface area (TPSA) is 80.9 Å². The Morgan fingerprint density at radius 3 is 2.17 bits per heavy atom. The summed E-state index contributed by atoms with van der Waals surface area (Å²) in [5.74, 6) is -0.410. The molecule has 1 aromatic carbocycles. The highest BCUT2D eigenvalue weighted by Gasteiger charge is 2.12. The van der Waals surface area contributed by atoms with Gasteiger partial charge in [0, 0.05) is 12.1 Å². The molecule has 2 rings (SSSR count). The highest BCUT2D eigenvalue weighted by Crippen LogP contribution is 2.20. The fraction of sp³-hybridized carbons (Fsp3) is 0.0909. The first-order valence-corrected chi connectivity index (χ1v) is 6.01. The predicted molar refractivity (Wildman–Crippen MR) is 64.3 cm³/mol. The zero-order chi connectivity index (χ0) is 13.1. The van der Waals surface area contributed by atoms with Crippen LogP contribution in [0.2, 0.25) is 0 Å². The van der Waals surface area contributed by atoms with Crippen LogP contribution in [0.5, 0.6) is 17.5 Å². The third-order valence-corrected chi connectivity index (χ3v) is 2.72. The molecule has 0 fully saturated rings. The number of aromatic hydroxyl groups is 2. The predicted octanol–water partition coefficient (Wildman–Crippen LogP) is 1.29. The first-order chi connectivity index (χ1) is 8.56. The fourth-order valence-electron chi connectivity index (χ4n) is 1.23. The molecule has 0 aliphatic heterocycles. The standard InChI is InChI=1S/C11H11NO5S/c1-8-2-4-9(5-3-8)16-18(15)17-12-10(13)6-7-11(12)14/h2-7,13-14H,1H3. The van der Waals surface area contributed by atoms with Gasteiger partial charge in [0.2, 0.25) is 11.8 Å². The van der Waals surface area contributed by atoms with E-state index < -0.39 is 11.4 Å². The van der Waals surface area contributed by atoms with E-state index in [4.69, 9.17) is 8.47 Å². The molecular formula is C11H11NO5S. The molecule has 1 unspecified atom stereocenters. The molecule has 0 radical (unpaired) electrons. The van der Waals surface area contributed by atoms with Gasteiger partial charge in [-0.2, -0.15) is 4.21 Å². The van der Waals surface area contributed by atoms with Gasteiger partial charge >= 0.3 is 11.4 Å². The molecule has 0 bridgehead atoms. The Morgan fingerprint density at radius 1 is 1.06 bits per heavy atom. The van der Waals surface area contributed by atoms with Crippen LogP contribution in [0.3, 0.4) is 0 Å². The zero-order valence-corrected chi connectivity index (χ0v) is 10.3. The minimum atomic E-state index is -2.18. The van der Waals surface area contributed by atoms with E-state index in [1.165, 1.54) is 12.1 Å². The lowest BCUT2D eigenvalue weighted by atomic mass is 10.2. The minimum absolute atomic E-state index is 0.352. The lowest BCUT2D eigenvalue weighted by Crippen LogP contribution is -2.17. The van der Waals surface area contributed by atoms with Crippen LogP contribution >= 0.6 is 0 Å². The van der Waals surface area contributed by atoms with E-state index in [1.54, 1.807) is 24.3 Å². The Kier molecular flexibility index (Phi) is 3.42. The Hall–Kier alpha value is -2.15. The molecule has 96 valence electrons. The smallest absolute Gasteiger partial charge is 0.438 e. The van der Waals surface area contributed by atoms with Crippen molar-refractivity contribution in [2.45, 2.75) is 6.92 Å². The number of nitrogens with zero attached hydrogens (tertiary/aromatic N) is 1. The Morgan fingerprint density at radius 2 is 1.61 bits per heavy atom. The van der Waals surface area contributed by atoms with Gasteiger partial charge in [-0.1, -0.05) is 22.4 Å². The lowest BCUT2D eigenvalue weighted by molar-refractivity contribution is 0.201. The van der Waals surface area contributed by atoms with Crippen molar-refractivity contribution in [3.63, 3.8) is 0 Å². The maximum Gasteiger partial charge on any atom is 0.438 e. The maximum absolute atomic E-state index is 11.5. The molecule has 1 heterocycles. The molecule has 1 atom stereocenters. The summed E-state index contributed by atoms with van der Waals surface area (Å²) in [5, 5.41) is 18.5. The van der Waals surface area contributed by atoms with Crippen LogP contribution in [0.15, 0.2) is 36.4 Å². The quantitative estimate of drug-likeness (QED) is 0.874. The van der Waals surface area contributed by atoms with E-state index in [9.17, 15) is 14.4 Å². The summed E-state index contributed by atoms with van der Waals surface area (Å²) < 4.78 is 21.8. The van der Waals surface area contributed by atoms with Gasteiger partial charge in [0.05, 0.1) is 0 Å². The van der Waals surface area contributed by atoms with E-state index in [1.807, 2.05) is 6.92 Å². The van der Waals surface area contributed by atoms with Gasteiger partial charge in [-0.25, -0.2) is 0 Å². The van der Waals surface area contributed by atoms with Crippen molar-refractivity contribution in [2.75, 3.05) is 0 Å². The summed E-state index contributed by atoms with van der Waals surface area (Å²) in [7, 11) is 0. The number of aromatic nitrogens is 1. The fourth-order valence-corrected chi connectivity index (χ4v) is 1.80. The number of aryl methyl sites for hydroxylation is 1. The van der Waals surface area contributed by atoms with E-state index in [-0.39, 0.29) is 11.8 Å². The van der Waals surface area contributed by atoms with E-state index in [0.29, 0.717) is 10.5 Å². The Balaban J connectivity index is 2.03. The lowest BCUT2D eigenvalue weighted by Gasteiger charge is -2.07. The van der Waals surface area contributed by atoms with Crippen LogP contribution in [-0.4, -0.2) is 19.2 Å². The van der Waals surface area contributed by atoms with Crippen molar-refractivity contribution in [1.82, 2.24) is 4.73 Å². The second-order valence-corrected chi connectivity index (χ2v) is 4.24. The van der Waals surface area contributed by atoms with Crippen molar-refractivity contribution < 1.29 is 22.9 Å². The molecule has 1 aromatic heterocycles. The third kappa shape index (κ3) is 2.75. The van der Waals surface area contributed by atoms with Crippen molar-refractivity contribution >= 4 is 11.4 Å². The monoisotopic (exact) mass is 269 g/mol. The van der Waals surface area contributed by atoms with Gasteiger partial charge in [0.25, 0.3) is 0 Å². The zero-order valence-electron chi connectivity index (χ0n) is 9.44. The molecule has 0 saturated heterocycles. The second-order valence-electron chi connectivity index (χ2n) is 3.52. The summed E-state index contributed by atoms with van der Waals surface area (Å²) >= 11 is -2.18. The third-order valence-electron chi connectivity index (χ3n) is 2.12. The number of hydrogen-bond donors (Lipinski definition) is 2. The molecule has 0 aliphatic carbocycles. The van der Waals surface area contributed by atoms with Crippen LogP contribution in [0, 0.1) is 6.92 Å². The number of rotatable bonds is 4. The van der Waals surface area contributed by atoms with Crippen LogP contribution < -0.4 is 8.47 Å². The largest absolute Gasteiger partial charge is 0.492 e. The summed E-state index contributed by atoms with van der Waals surface area (Å²) in [6.45, 7) is 1.91. The van der Waals surface area contributed by atoms with Crippen molar-refractivity contribution in [3.05, 3.63) is 42.0 Å². The first kappa shape index (κ1) is 12.3. The molecule has 0 saturated carbocycles. The van der Waals surface area contributed by atoms with Crippen molar-refractivity contribution in [3.8, 4) is 17.5 Å². The average Bonchev–Trinajstić information content (AvgIpc) is 2.64. The summed E-state index contributed by atoms with van der Waals surface area (Å²) in [4.78, 5) is 0. The maximum atomic E-state index is 11.5. The average molecular weight is 269 g/mol. The van der Waals surface area contributed by atoms with E-state index >= 15 is 0 Å². The molecule has 0 spiro atoms. The van der Waals surface area contributed by atoms with Crippen LogP contribution in [0.1, 0.15) is 5.56 Å².